The van der Waals surface area contributed by atoms with Crippen molar-refractivity contribution in [1.82, 2.24) is 9.78 Å². The zero-order chi connectivity index (χ0) is 20.4. The van der Waals surface area contributed by atoms with Crippen LogP contribution >= 0.6 is 11.6 Å². The van der Waals surface area contributed by atoms with Gasteiger partial charge >= 0.3 is 5.97 Å². The Morgan fingerprint density at radius 1 is 1.26 bits per heavy atom. The van der Waals surface area contributed by atoms with Gasteiger partial charge in [-0.1, -0.05) is 25.4 Å². The number of methoxy groups -OCH3 is 1. The van der Waals surface area contributed by atoms with Crippen molar-refractivity contribution in [3.05, 3.63) is 40.0 Å². The number of ether oxygens (including phenoxy) is 1. The van der Waals surface area contributed by atoms with E-state index in [0.29, 0.717) is 0 Å². The summed E-state index contributed by atoms with van der Waals surface area (Å²) in [6.07, 6.45) is 1.21. The number of esters is 1. The van der Waals surface area contributed by atoms with Gasteiger partial charge < -0.3 is 9.84 Å². The first-order valence-corrected chi connectivity index (χ1v) is 10.3. The van der Waals surface area contributed by atoms with E-state index in [1.165, 1.54) is 32.5 Å². The van der Waals surface area contributed by atoms with E-state index in [4.69, 9.17) is 16.3 Å². The van der Waals surface area contributed by atoms with E-state index in [0.717, 1.165) is 4.68 Å². The fraction of sp³-hybridized carbons (Fsp3) is 0.353. The molecule has 0 amide bonds. The summed E-state index contributed by atoms with van der Waals surface area (Å²) in [4.78, 5) is 24.9. The molecule has 0 fully saturated rings. The number of nitrogens with zero attached hydrogens (tertiary/aromatic N) is 3. The van der Waals surface area contributed by atoms with Crippen molar-refractivity contribution < 1.29 is 23.6 Å². The number of hydrogen-bond acceptors (Lipinski definition) is 7. The molecular weight excluding hydrogens is 394 g/mol. The normalized spacial score (nSPS) is 11.3. The summed E-state index contributed by atoms with van der Waals surface area (Å²) >= 11 is 6.38. The zero-order valence-corrected chi connectivity index (χ0v) is 16.9. The first-order valence-electron chi connectivity index (χ1n) is 8.08. The monoisotopic (exact) mass is 413 g/mol. The number of carbonyl (C=O) groups is 2. The molecule has 2 aromatic rings. The van der Waals surface area contributed by atoms with Crippen LogP contribution in [0.25, 0.3) is 0 Å². The largest absolute Gasteiger partial charge is 0.493 e. The molecule has 1 aromatic heterocycles. The van der Waals surface area contributed by atoms with Crippen LogP contribution < -0.4 is 0 Å². The smallest absolute Gasteiger partial charge is 0.340 e. The molecule has 2 rings (SSSR count). The minimum atomic E-state index is -2.66. The number of carbonyl (C=O) groups excluding carboxylic acids is 2. The van der Waals surface area contributed by atoms with Crippen LogP contribution in [0.4, 0.5) is 5.69 Å². The Labute approximate surface area is 162 Å². The van der Waals surface area contributed by atoms with Crippen LogP contribution in [-0.4, -0.2) is 49.5 Å². The highest BCUT2D eigenvalue weighted by Gasteiger charge is 2.25. The van der Waals surface area contributed by atoms with E-state index < -0.39 is 21.5 Å². The molecule has 0 atom stereocenters. The van der Waals surface area contributed by atoms with Gasteiger partial charge in [-0.15, -0.1) is 0 Å². The van der Waals surface area contributed by atoms with Crippen molar-refractivity contribution in [2.45, 2.75) is 13.8 Å². The average Bonchev–Trinajstić information content (AvgIpc) is 3.00. The molecule has 0 bridgehead atoms. The maximum Gasteiger partial charge on any atom is 0.340 e. The van der Waals surface area contributed by atoms with Crippen molar-refractivity contribution in [3.8, 4) is 5.88 Å². The number of rotatable bonds is 6. The van der Waals surface area contributed by atoms with Gasteiger partial charge in [0.15, 0.2) is 0 Å². The van der Waals surface area contributed by atoms with Crippen LogP contribution in [0, 0.1) is 0 Å². The van der Waals surface area contributed by atoms with Gasteiger partial charge in [0.05, 0.1) is 33.6 Å². The van der Waals surface area contributed by atoms with Crippen molar-refractivity contribution in [2.75, 3.05) is 18.6 Å². The molecule has 0 unspecified atom stereocenters. The van der Waals surface area contributed by atoms with Gasteiger partial charge in [0, 0.05) is 24.1 Å². The summed E-state index contributed by atoms with van der Waals surface area (Å²) in [7, 11) is 0.0166. The van der Waals surface area contributed by atoms with E-state index in [1.807, 2.05) is 0 Å². The van der Waals surface area contributed by atoms with Crippen LogP contribution in [0.2, 0.25) is 5.02 Å². The zero-order valence-electron chi connectivity index (χ0n) is 15.4. The van der Waals surface area contributed by atoms with Gasteiger partial charge in [0.2, 0.25) is 11.7 Å². The standard InChI is InChI=1S/C17H20ClN3O5S/c1-5-27(25,6-2)20-14-11(17(24)26-4)8-7-10(13(14)18)15(22)12-9-19-21(3)16(12)23/h7-9,23H,5-6H2,1-4H3. The lowest BCUT2D eigenvalue weighted by atomic mass is 10.0. The summed E-state index contributed by atoms with van der Waals surface area (Å²) in [5, 5.41) is 13.6. The number of halogens is 1. The fourth-order valence-electron chi connectivity index (χ4n) is 2.34. The number of benzene rings is 1. The molecular formula is C17H20ClN3O5S. The van der Waals surface area contributed by atoms with Gasteiger partial charge in [-0.05, 0) is 12.1 Å². The second kappa shape index (κ2) is 8.10. The number of aromatic nitrogens is 2. The van der Waals surface area contributed by atoms with Crippen LogP contribution in [0.3, 0.4) is 0 Å². The van der Waals surface area contributed by atoms with E-state index in [-0.39, 0.29) is 44.8 Å². The molecule has 10 heteroatoms. The molecule has 8 nitrogen and oxygen atoms in total. The highest BCUT2D eigenvalue weighted by Crippen LogP contribution is 2.36. The third-order valence-electron chi connectivity index (χ3n) is 4.08. The number of ketones is 1. The lowest BCUT2D eigenvalue weighted by molar-refractivity contribution is 0.0601. The van der Waals surface area contributed by atoms with Crippen LogP contribution in [-0.2, 0) is 21.5 Å². The van der Waals surface area contributed by atoms with Crippen molar-refractivity contribution in [1.29, 1.82) is 0 Å². The van der Waals surface area contributed by atoms with Gasteiger partial charge in [0.25, 0.3) is 0 Å². The van der Waals surface area contributed by atoms with Crippen molar-refractivity contribution in [2.24, 2.45) is 11.4 Å². The van der Waals surface area contributed by atoms with E-state index in [2.05, 4.69) is 9.46 Å². The van der Waals surface area contributed by atoms with Crippen molar-refractivity contribution >= 4 is 38.8 Å². The maximum absolute atomic E-state index is 12.8. The van der Waals surface area contributed by atoms with Crippen LogP contribution in [0.5, 0.6) is 5.88 Å². The number of aromatic hydroxyl groups is 1. The maximum atomic E-state index is 12.8. The summed E-state index contributed by atoms with van der Waals surface area (Å²) in [5.41, 5.74) is -0.112. The molecule has 1 N–H and O–H groups in total. The second-order valence-electron chi connectivity index (χ2n) is 5.59. The summed E-state index contributed by atoms with van der Waals surface area (Å²) < 4.78 is 22.9. The Morgan fingerprint density at radius 3 is 2.33 bits per heavy atom. The molecule has 0 aliphatic carbocycles. The lowest BCUT2D eigenvalue weighted by Gasteiger charge is -2.12. The fourth-order valence-corrected chi connectivity index (χ4v) is 3.87. The second-order valence-corrected chi connectivity index (χ2v) is 8.85. The SMILES string of the molecule is CCS(=O)(CC)=Nc1c(C(=O)OC)ccc(C(=O)c2cnn(C)c2O)c1Cl. The first kappa shape index (κ1) is 20.9. The predicted molar refractivity (Wildman–Crippen MR) is 102 cm³/mol. The van der Waals surface area contributed by atoms with Gasteiger partial charge in [0.1, 0.15) is 11.3 Å². The average molecular weight is 414 g/mol. The lowest BCUT2D eigenvalue weighted by Crippen LogP contribution is -2.09. The Hall–Kier alpha value is -2.39. The summed E-state index contributed by atoms with van der Waals surface area (Å²) in [6, 6.07) is 2.67. The summed E-state index contributed by atoms with van der Waals surface area (Å²) in [6.45, 7) is 3.42. The summed E-state index contributed by atoms with van der Waals surface area (Å²) in [5.74, 6) is -1.13. The molecule has 0 spiro atoms. The third kappa shape index (κ3) is 3.98. The quantitative estimate of drug-likeness (QED) is 0.575. The molecule has 0 aliphatic heterocycles. The minimum absolute atomic E-state index is 0.000302. The predicted octanol–water partition coefficient (Wildman–Crippen LogP) is 2.94. The highest BCUT2D eigenvalue weighted by atomic mass is 35.5. The molecule has 0 aliphatic rings. The molecule has 1 heterocycles. The van der Waals surface area contributed by atoms with E-state index >= 15 is 0 Å². The van der Waals surface area contributed by atoms with E-state index in [1.54, 1.807) is 13.8 Å². The van der Waals surface area contributed by atoms with Gasteiger partial charge in [-0.25, -0.2) is 13.7 Å². The first-order chi connectivity index (χ1) is 12.7. The Morgan fingerprint density at radius 2 is 1.85 bits per heavy atom. The molecule has 0 saturated heterocycles. The minimum Gasteiger partial charge on any atom is -0.493 e. The number of aryl methyl sites for hydroxylation is 1. The van der Waals surface area contributed by atoms with Crippen molar-refractivity contribution in [3.63, 3.8) is 0 Å². The van der Waals surface area contributed by atoms with E-state index in [9.17, 15) is 18.9 Å². The third-order valence-corrected chi connectivity index (χ3v) is 6.78. The molecule has 1 aromatic carbocycles. The topological polar surface area (TPSA) is 111 Å². The Kier molecular flexibility index (Phi) is 6.27. The van der Waals surface area contributed by atoms with Crippen LogP contribution in [0.1, 0.15) is 40.1 Å². The molecule has 27 heavy (non-hydrogen) atoms. The van der Waals surface area contributed by atoms with Gasteiger partial charge in [-0.2, -0.15) is 9.46 Å². The molecule has 0 saturated carbocycles. The molecule has 146 valence electrons. The number of hydrogen-bond donors (Lipinski definition) is 1. The highest BCUT2D eigenvalue weighted by molar-refractivity contribution is 7.93. The Bertz CT molecular complexity index is 1010. The van der Waals surface area contributed by atoms with Crippen LogP contribution in [0.15, 0.2) is 22.7 Å². The Balaban J connectivity index is 2.75. The van der Waals surface area contributed by atoms with Gasteiger partial charge in [-0.3, -0.25) is 4.79 Å². The molecule has 0 radical (unpaired) electrons.